The average Bonchev–Trinajstić information content (AvgIpc) is 3.63. The summed E-state index contributed by atoms with van der Waals surface area (Å²) in [6, 6.07) is 19.2. The maximum absolute atomic E-state index is 13.2. The van der Waals surface area contributed by atoms with E-state index in [-0.39, 0.29) is 35.0 Å². The van der Waals surface area contributed by atoms with Crippen LogP contribution in [0.2, 0.25) is 5.02 Å². The molecule has 3 saturated heterocycles. The number of ether oxygens (including phenoxy) is 2. The van der Waals surface area contributed by atoms with E-state index in [0.29, 0.717) is 11.8 Å². The van der Waals surface area contributed by atoms with Crippen LogP contribution in [0.25, 0.3) is 0 Å². The van der Waals surface area contributed by atoms with Crippen LogP contribution in [0.5, 0.6) is 0 Å². The molecule has 0 N–H and O–H groups in total. The molecule has 2 aromatic rings. The van der Waals surface area contributed by atoms with Crippen molar-refractivity contribution >= 4 is 17.6 Å². The molecule has 7 rings (SSSR count). The summed E-state index contributed by atoms with van der Waals surface area (Å²) in [6.45, 7) is 8.04. The summed E-state index contributed by atoms with van der Waals surface area (Å²) >= 11 is 6.21. The van der Waals surface area contributed by atoms with E-state index < -0.39 is 0 Å². The van der Waals surface area contributed by atoms with Gasteiger partial charge in [-0.25, -0.2) is 0 Å². The van der Waals surface area contributed by atoms with Gasteiger partial charge in [0.15, 0.2) is 0 Å². The monoisotopic (exact) mass is 534 g/mol. The Morgan fingerprint density at radius 3 is 2.42 bits per heavy atom. The lowest BCUT2D eigenvalue weighted by Crippen LogP contribution is -2.52. The van der Waals surface area contributed by atoms with Crippen LogP contribution >= 0.6 is 11.6 Å². The van der Waals surface area contributed by atoms with Crippen molar-refractivity contribution in [3.63, 3.8) is 0 Å². The fraction of sp³-hybridized carbons (Fsp3) is 0.594. The van der Waals surface area contributed by atoms with Crippen LogP contribution in [0.4, 0.5) is 0 Å². The normalized spacial score (nSPS) is 37.9. The third kappa shape index (κ3) is 4.40. The molecule has 0 bridgehead atoms. The third-order valence-electron chi connectivity index (χ3n) is 10.6. The molecule has 0 radical (unpaired) electrons. The van der Waals surface area contributed by atoms with Crippen molar-refractivity contribution in [3.8, 4) is 0 Å². The first-order valence-electron chi connectivity index (χ1n) is 14.6. The summed E-state index contributed by atoms with van der Waals surface area (Å²) in [6.07, 6.45) is 5.88. The highest BCUT2D eigenvalue weighted by Gasteiger charge is 2.65. The molecule has 0 unspecified atom stereocenters. The summed E-state index contributed by atoms with van der Waals surface area (Å²) in [7, 11) is 0. The van der Waals surface area contributed by atoms with Crippen LogP contribution in [0.15, 0.2) is 54.6 Å². The summed E-state index contributed by atoms with van der Waals surface area (Å²) in [5, 5.41) is 0.766. The molecular formula is C32H39ClN2O3. The number of carbonyl (C=O) groups is 1. The van der Waals surface area contributed by atoms with Crippen molar-refractivity contribution in [2.24, 2.45) is 23.2 Å². The van der Waals surface area contributed by atoms with Gasteiger partial charge in [0.25, 0.3) is 0 Å². The minimum absolute atomic E-state index is 0.00462. The van der Waals surface area contributed by atoms with Crippen LogP contribution in [-0.2, 0) is 14.3 Å². The number of carbonyl (C=O) groups excluding carboxylic acids is 1. The second-order valence-corrected chi connectivity index (χ2v) is 13.2. The van der Waals surface area contributed by atoms with E-state index in [0.717, 1.165) is 57.2 Å². The minimum atomic E-state index is -0.00462. The Labute approximate surface area is 231 Å². The van der Waals surface area contributed by atoms with Gasteiger partial charge in [-0.05, 0) is 66.7 Å². The number of rotatable bonds is 5. The molecule has 0 aromatic heterocycles. The van der Waals surface area contributed by atoms with Gasteiger partial charge < -0.3 is 9.47 Å². The lowest BCUT2D eigenvalue weighted by Gasteiger charge is -2.51. The molecule has 7 atom stereocenters. The SMILES string of the molecule is C[C@]12CCC[C@]3(CO3)[C@@H]1C[C@H]1[C@@H](C2)OC(=O)[C@@H]1CN1CCN([C@H](c2ccccc2)c2ccc(Cl)cc2)CC1. The van der Waals surface area contributed by atoms with Gasteiger partial charge >= 0.3 is 5.97 Å². The molecule has 0 amide bonds. The van der Waals surface area contributed by atoms with E-state index in [2.05, 4.69) is 59.2 Å². The Hall–Kier alpha value is -1.92. The van der Waals surface area contributed by atoms with Crippen molar-refractivity contribution in [1.82, 2.24) is 9.80 Å². The van der Waals surface area contributed by atoms with Crippen LogP contribution in [0, 0.1) is 23.2 Å². The Morgan fingerprint density at radius 2 is 1.71 bits per heavy atom. The summed E-state index contributed by atoms with van der Waals surface area (Å²) in [5.74, 6) is 0.947. The molecule has 6 heteroatoms. The first kappa shape index (κ1) is 25.1. The maximum Gasteiger partial charge on any atom is 0.310 e. The van der Waals surface area contributed by atoms with Crippen LogP contribution in [0.1, 0.15) is 56.2 Å². The Balaban J connectivity index is 1.04. The zero-order valence-electron chi connectivity index (χ0n) is 22.4. The summed E-state index contributed by atoms with van der Waals surface area (Å²) < 4.78 is 12.2. The fourth-order valence-corrected chi connectivity index (χ4v) is 8.67. The van der Waals surface area contributed by atoms with Gasteiger partial charge in [-0.1, -0.05) is 61.0 Å². The number of piperazine rings is 1. The summed E-state index contributed by atoms with van der Waals surface area (Å²) in [5.41, 5.74) is 2.93. The number of nitrogens with zero attached hydrogens (tertiary/aromatic N) is 2. The number of esters is 1. The smallest absolute Gasteiger partial charge is 0.310 e. The quantitative estimate of drug-likeness (QED) is 0.370. The van der Waals surface area contributed by atoms with Gasteiger partial charge in [-0.3, -0.25) is 14.6 Å². The molecular weight excluding hydrogens is 496 g/mol. The molecule has 2 aromatic carbocycles. The molecule has 2 saturated carbocycles. The maximum atomic E-state index is 13.2. The third-order valence-corrected chi connectivity index (χ3v) is 10.9. The number of benzene rings is 2. The molecule has 5 fully saturated rings. The van der Waals surface area contributed by atoms with Crippen molar-refractivity contribution in [1.29, 1.82) is 0 Å². The van der Waals surface area contributed by atoms with Gasteiger partial charge in [0.05, 0.1) is 24.2 Å². The number of hydrogen-bond donors (Lipinski definition) is 0. The lowest BCUT2D eigenvalue weighted by atomic mass is 9.53. The highest BCUT2D eigenvalue weighted by atomic mass is 35.5. The molecule has 5 nitrogen and oxygen atoms in total. The van der Waals surface area contributed by atoms with Crippen molar-refractivity contribution < 1.29 is 14.3 Å². The highest BCUT2D eigenvalue weighted by Crippen LogP contribution is 2.62. The van der Waals surface area contributed by atoms with E-state index in [1.807, 2.05) is 12.1 Å². The molecule has 38 heavy (non-hydrogen) atoms. The predicted molar refractivity (Wildman–Crippen MR) is 148 cm³/mol. The molecule has 3 aliphatic heterocycles. The Morgan fingerprint density at radius 1 is 1.00 bits per heavy atom. The van der Waals surface area contributed by atoms with Crippen molar-refractivity contribution in [3.05, 3.63) is 70.7 Å². The van der Waals surface area contributed by atoms with E-state index in [1.54, 1.807) is 0 Å². The molecule has 3 heterocycles. The minimum Gasteiger partial charge on any atom is -0.462 e. The lowest BCUT2D eigenvalue weighted by molar-refractivity contribution is -0.147. The Bertz CT molecular complexity index is 1160. The number of halogens is 1. The highest BCUT2D eigenvalue weighted by molar-refractivity contribution is 6.30. The number of epoxide rings is 1. The zero-order valence-corrected chi connectivity index (χ0v) is 23.1. The van der Waals surface area contributed by atoms with Gasteiger partial charge in [0.2, 0.25) is 0 Å². The average molecular weight is 535 g/mol. The topological polar surface area (TPSA) is 45.3 Å². The van der Waals surface area contributed by atoms with Gasteiger partial charge in [0.1, 0.15) is 6.10 Å². The second-order valence-electron chi connectivity index (χ2n) is 12.8. The van der Waals surface area contributed by atoms with E-state index in [9.17, 15) is 4.79 Å². The van der Waals surface area contributed by atoms with Crippen LogP contribution in [-0.4, -0.2) is 66.8 Å². The van der Waals surface area contributed by atoms with E-state index >= 15 is 0 Å². The first-order chi connectivity index (χ1) is 18.4. The van der Waals surface area contributed by atoms with Crippen LogP contribution < -0.4 is 0 Å². The molecule has 2 aliphatic carbocycles. The van der Waals surface area contributed by atoms with Crippen molar-refractivity contribution in [2.75, 3.05) is 39.3 Å². The largest absolute Gasteiger partial charge is 0.462 e. The number of hydrogen-bond acceptors (Lipinski definition) is 5. The fourth-order valence-electron chi connectivity index (χ4n) is 8.54. The number of fused-ring (bicyclic) bond motifs is 3. The van der Waals surface area contributed by atoms with E-state index in [4.69, 9.17) is 21.1 Å². The van der Waals surface area contributed by atoms with Gasteiger partial charge in [-0.2, -0.15) is 0 Å². The summed E-state index contributed by atoms with van der Waals surface area (Å²) in [4.78, 5) is 18.3. The zero-order chi connectivity index (χ0) is 25.9. The van der Waals surface area contributed by atoms with Gasteiger partial charge in [-0.15, -0.1) is 0 Å². The molecule has 1 spiro atoms. The molecule has 5 aliphatic rings. The first-order valence-corrected chi connectivity index (χ1v) is 14.9. The second kappa shape index (κ2) is 9.62. The predicted octanol–water partition coefficient (Wildman–Crippen LogP) is 5.57. The standard InChI is InChI=1S/C32H39ClN2O3/c1-31-12-5-13-32(21-37-32)28(31)18-25-26(30(36)38-27(25)19-31)20-34-14-16-35(17-15-34)29(22-6-3-2-4-7-22)23-8-10-24(33)11-9-23/h2-4,6-11,25-29H,5,12-21H2,1H3/t25-,26-,27-,28-,29-,31-,32+/m1/s1. The molecule has 202 valence electrons. The van der Waals surface area contributed by atoms with Crippen LogP contribution in [0.3, 0.4) is 0 Å². The van der Waals surface area contributed by atoms with Crippen molar-refractivity contribution in [2.45, 2.75) is 56.8 Å². The van der Waals surface area contributed by atoms with Gasteiger partial charge in [0, 0.05) is 43.7 Å². The van der Waals surface area contributed by atoms with E-state index in [1.165, 1.54) is 30.4 Å². The Kier molecular flexibility index (Phi) is 6.35.